The third-order valence-corrected chi connectivity index (χ3v) is 6.46. The van der Waals surface area contributed by atoms with Gasteiger partial charge in [-0.25, -0.2) is 4.39 Å². The fourth-order valence-electron chi connectivity index (χ4n) is 4.61. The summed E-state index contributed by atoms with van der Waals surface area (Å²) in [4.78, 5) is 18.9. The maximum atomic E-state index is 14.2. The number of hydrogen-bond acceptors (Lipinski definition) is 6. The molecule has 3 aliphatic rings. The van der Waals surface area contributed by atoms with Gasteiger partial charge in [0.1, 0.15) is 5.82 Å². The Balaban J connectivity index is 1.46. The van der Waals surface area contributed by atoms with Gasteiger partial charge >= 0.3 is 0 Å². The molecule has 0 radical (unpaired) electrons. The minimum atomic E-state index is -0.745. The van der Waals surface area contributed by atoms with Crippen LogP contribution in [0.2, 0.25) is 0 Å². The first kappa shape index (κ1) is 23.2. The Morgan fingerprint density at radius 2 is 2.18 bits per heavy atom. The first-order valence-electron chi connectivity index (χ1n) is 11.5. The van der Waals surface area contributed by atoms with Crippen molar-refractivity contribution in [3.63, 3.8) is 0 Å². The van der Waals surface area contributed by atoms with Gasteiger partial charge in [0.25, 0.3) is 0 Å². The number of carbonyl (C=O) groups is 1. The molecule has 6 N–H and O–H groups in total. The maximum Gasteiger partial charge on any atom is 0.247 e. The number of nitrogens with one attached hydrogen (secondary N) is 2. The van der Waals surface area contributed by atoms with Gasteiger partial charge in [0.05, 0.1) is 11.7 Å². The van der Waals surface area contributed by atoms with E-state index in [1.165, 1.54) is 31.2 Å². The van der Waals surface area contributed by atoms with Crippen molar-refractivity contribution in [3.05, 3.63) is 64.9 Å². The van der Waals surface area contributed by atoms with Crippen molar-refractivity contribution in [3.8, 4) is 0 Å². The Labute approximate surface area is 194 Å². The molecule has 2 atom stereocenters. The van der Waals surface area contributed by atoms with Crippen LogP contribution in [0.15, 0.2) is 52.9 Å². The Morgan fingerprint density at radius 1 is 1.39 bits per heavy atom. The average molecular weight is 453 g/mol. The average Bonchev–Trinajstić information content (AvgIpc) is 3.53. The lowest BCUT2D eigenvalue weighted by Crippen LogP contribution is -2.49. The van der Waals surface area contributed by atoms with E-state index in [0.29, 0.717) is 36.6 Å². The Bertz CT molecular complexity index is 1040. The van der Waals surface area contributed by atoms with Crippen LogP contribution in [0.25, 0.3) is 5.57 Å². The highest BCUT2D eigenvalue weighted by atomic mass is 19.1. The number of rotatable bonds is 8. The van der Waals surface area contributed by atoms with Gasteiger partial charge in [0.15, 0.2) is 0 Å². The number of carbonyl (C=O) groups excluding carboxylic acids is 1. The molecule has 1 saturated carbocycles. The van der Waals surface area contributed by atoms with Crippen LogP contribution in [0, 0.1) is 11.7 Å². The summed E-state index contributed by atoms with van der Waals surface area (Å²) in [7, 11) is 1.64. The van der Waals surface area contributed by atoms with E-state index in [-0.39, 0.29) is 17.9 Å². The van der Waals surface area contributed by atoms with Gasteiger partial charge in [-0.1, -0.05) is 12.8 Å². The number of dihydropyridines is 1. The predicted molar refractivity (Wildman–Crippen MR) is 129 cm³/mol. The van der Waals surface area contributed by atoms with Crippen molar-refractivity contribution >= 4 is 17.7 Å². The van der Waals surface area contributed by atoms with Crippen LogP contribution in [0.4, 0.5) is 4.39 Å². The minimum absolute atomic E-state index is 0.0128. The number of aliphatic imine (C=N–C) groups is 1. The van der Waals surface area contributed by atoms with Gasteiger partial charge in [0.2, 0.25) is 5.91 Å². The van der Waals surface area contributed by atoms with Crippen LogP contribution in [0.1, 0.15) is 43.7 Å². The van der Waals surface area contributed by atoms with Crippen molar-refractivity contribution in [2.24, 2.45) is 22.4 Å². The molecular formula is C25H33FN6O. The van der Waals surface area contributed by atoms with Crippen LogP contribution < -0.4 is 22.1 Å². The molecule has 2 heterocycles. The molecule has 8 heteroatoms. The summed E-state index contributed by atoms with van der Waals surface area (Å²) in [6, 6.07) is 4.82. The zero-order valence-corrected chi connectivity index (χ0v) is 19.3. The molecule has 1 aromatic carbocycles. The molecule has 1 amide bonds. The molecule has 7 nitrogen and oxygen atoms in total. The smallest absolute Gasteiger partial charge is 0.247 e. The molecule has 0 bridgehead atoms. The predicted octanol–water partition coefficient (Wildman–Crippen LogP) is 2.36. The fourth-order valence-corrected chi connectivity index (χ4v) is 4.61. The van der Waals surface area contributed by atoms with E-state index in [2.05, 4.69) is 15.6 Å². The third kappa shape index (κ3) is 5.34. The SMILES string of the molecule is CN=CC(=CN)c1cc(F)cc(CNC2C=C(N3CCC(N)(CC4CC4)C3=O)C=C(C)N2)c1. The van der Waals surface area contributed by atoms with E-state index >= 15 is 0 Å². The van der Waals surface area contributed by atoms with Crippen molar-refractivity contribution in [2.45, 2.75) is 50.9 Å². The van der Waals surface area contributed by atoms with Gasteiger partial charge in [-0.3, -0.25) is 15.1 Å². The van der Waals surface area contributed by atoms with Gasteiger partial charge in [-0.05, 0) is 67.2 Å². The number of halogens is 1. The summed E-state index contributed by atoms with van der Waals surface area (Å²) >= 11 is 0. The van der Waals surface area contributed by atoms with Crippen molar-refractivity contribution in [1.82, 2.24) is 15.5 Å². The number of allylic oxidation sites excluding steroid dienone is 3. The number of benzene rings is 1. The first-order valence-corrected chi connectivity index (χ1v) is 11.5. The lowest BCUT2D eigenvalue weighted by atomic mass is 9.92. The molecular weight excluding hydrogens is 419 g/mol. The zero-order chi connectivity index (χ0) is 23.6. The molecule has 2 aliphatic heterocycles. The summed E-state index contributed by atoms with van der Waals surface area (Å²) < 4.78 is 14.2. The lowest BCUT2D eigenvalue weighted by molar-refractivity contribution is -0.130. The second kappa shape index (κ2) is 9.49. The van der Waals surface area contributed by atoms with Gasteiger partial charge in [-0.2, -0.15) is 0 Å². The number of nitrogens with two attached hydrogens (primary N) is 2. The van der Waals surface area contributed by atoms with E-state index in [1.54, 1.807) is 13.3 Å². The minimum Gasteiger partial charge on any atom is -0.404 e. The Hall–Kier alpha value is -2.97. The summed E-state index contributed by atoms with van der Waals surface area (Å²) in [5.74, 6) is 0.274. The van der Waals surface area contributed by atoms with E-state index in [9.17, 15) is 9.18 Å². The van der Waals surface area contributed by atoms with Crippen LogP contribution in [0.3, 0.4) is 0 Å². The van der Waals surface area contributed by atoms with E-state index < -0.39 is 5.54 Å². The summed E-state index contributed by atoms with van der Waals surface area (Å²) in [6.07, 6.45) is 10.6. The molecule has 0 spiro atoms. The van der Waals surface area contributed by atoms with E-state index in [0.717, 1.165) is 23.4 Å². The summed E-state index contributed by atoms with van der Waals surface area (Å²) in [5, 5.41) is 6.75. The quantitative estimate of drug-likeness (QED) is 0.453. The topological polar surface area (TPSA) is 109 Å². The number of nitrogens with zero attached hydrogens (tertiary/aromatic N) is 2. The first-order chi connectivity index (χ1) is 15.8. The van der Waals surface area contributed by atoms with Crippen LogP contribution in [-0.4, -0.2) is 42.3 Å². The Morgan fingerprint density at radius 3 is 2.88 bits per heavy atom. The van der Waals surface area contributed by atoms with Crippen LogP contribution >= 0.6 is 0 Å². The molecule has 4 rings (SSSR count). The molecule has 176 valence electrons. The van der Waals surface area contributed by atoms with Gasteiger partial charge < -0.3 is 21.7 Å². The van der Waals surface area contributed by atoms with E-state index in [4.69, 9.17) is 11.5 Å². The van der Waals surface area contributed by atoms with Crippen LogP contribution in [0.5, 0.6) is 0 Å². The highest BCUT2D eigenvalue weighted by Gasteiger charge is 2.47. The third-order valence-electron chi connectivity index (χ3n) is 6.46. The second-order valence-electron chi connectivity index (χ2n) is 9.29. The standard InChI is InChI=1S/C25H33FN6O/c1-16-7-22(32-6-5-25(28,24(32)33)12-17-3-4-17)11-23(31-16)30-14-18-8-19(10-21(26)9-18)20(13-27)15-29-2/h7-11,13,15,17,23,30-31H,3-6,12,14,27-28H2,1-2H3. The Kier molecular flexibility index (Phi) is 6.67. The summed E-state index contributed by atoms with van der Waals surface area (Å²) in [6.45, 7) is 3.02. The maximum absolute atomic E-state index is 14.2. The van der Waals surface area contributed by atoms with Crippen molar-refractivity contribution in [1.29, 1.82) is 0 Å². The molecule has 0 aromatic heterocycles. The highest BCUT2D eigenvalue weighted by Crippen LogP contribution is 2.40. The molecule has 2 unspecified atom stereocenters. The second-order valence-corrected chi connectivity index (χ2v) is 9.29. The van der Waals surface area contributed by atoms with E-state index in [1.807, 2.05) is 30.0 Å². The van der Waals surface area contributed by atoms with Gasteiger partial charge in [0, 0.05) is 49.5 Å². The zero-order valence-electron chi connectivity index (χ0n) is 19.3. The molecule has 1 saturated heterocycles. The highest BCUT2D eigenvalue weighted by molar-refractivity contribution is 6.09. The van der Waals surface area contributed by atoms with Crippen molar-refractivity contribution in [2.75, 3.05) is 13.6 Å². The monoisotopic (exact) mass is 452 g/mol. The fraction of sp³-hybridized carbons (Fsp3) is 0.440. The number of amides is 1. The normalized spacial score (nSPS) is 25.9. The van der Waals surface area contributed by atoms with Crippen LogP contribution in [-0.2, 0) is 11.3 Å². The molecule has 1 aliphatic carbocycles. The molecule has 2 fully saturated rings. The molecule has 1 aromatic rings. The number of likely N-dealkylation sites (tertiary alicyclic amines) is 1. The van der Waals surface area contributed by atoms with Crippen molar-refractivity contribution < 1.29 is 9.18 Å². The molecule has 33 heavy (non-hydrogen) atoms. The summed E-state index contributed by atoms with van der Waals surface area (Å²) in [5.41, 5.74) is 15.3. The lowest BCUT2D eigenvalue weighted by Gasteiger charge is -2.29. The van der Waals surface area contributed by atoms with Gasteiger partial charge in [-0.15, -0.1) is 0 Å². The number of hydrogen-bond donors (Lipinski definition) is 4. The largest absolute Gasteiger partial charge is 0.404 e.